The zero-order chi connectivity index (χ0) is 6.69. The van der Waals surface area contributed by atoms with Crippen molar-refractivity contribution in [2.24, 2.45) is 5.73 Å². The molecule has 3 heteroatoms. The summed E-state index contributed by atoms with van der Waals surface area (Å²) in [6.45, 7) is 0.638. The monoisotopic (exact) mass is 126 g/mol. The van der Waals surface area contributed by atoms with Crippen LogP contribution in [0.1, 0.15) is 12.8 Å². The maximum Gasteiger partial charge on any atom is 0.145 e. The van der Waals surface area contributed by atoms with Gasteiger partial charge < -0.3 is 10.5 Å². The summed E-state index contributed by atoms with van der Waals surface area (Å²) in [6.07, 6.45) is 1.32. The van der Waals surface area contributed by atoms with Crippen molar-refractivity contribution in [3.05, 3.63) is 0 Å². The molecule has 0 radical (unpaired) electrons. The number of nitriles is 1. The molecule has 1 rings (SSSR count). The van der Waals surface area contributed by atoms with Gasteiger partial charge in [0.05, 0.1) is 6.07 Å². The number of hydrogen-bond donors (Lipinski definition) is 1. The minimum atomic E-state index is -0.256. The second kappa shape index (κ2) is 2.81. The molecule has 0 amide bonds. The van der Waals surface area contributed by atoms with Crippen LogP contribution in [0.25, 0.3) is 0 Å². The molecule has 0 saturated carbocycles. The SMILES string of the molecule is N#CC1CC(N)CCO1. The minimum absolute atomic E-state index is 0.170. The highest BCUT2D eigenvalue weighted by Crippen LogP contribution is 2.10. The summed E-state index contributed by atoms with van der Waals surface area (Å²) in [7, 11) is 0. The van der Waals surface area contributed by atoms with Gasteiger partial charge in [0.15, 0.2) is 0 Å². The Kier molecular flexibility index (Phi) is 2.04. The molecule has 2 atom stereocenters. The maximum absolute atomic E-state index is 8.38. The molecule has 50 valence electrons. The summed E-state index contributed by atoms with van der Waals surface area (Å²) in [5, 5.41) is 8.38. The molecule has 3 nitrogen and oxygen atoms in total. The lowest BCUT2D eigenvalue weighted by Gasteiger charge is -2.21. The molecule has 0 aromatic heterocycles. The van der Waals surface area contributed by atoms with E-state index in [1.165, 1.54) is 0 Å². The fraction of sp³-hybridized carbons (Fsp3) is 0.833. The highest BCUT2D eigenvalue weighted by Gasteiger charge is 2.18. The van der Waals surface area contributed by atoms with Crippen LogP contribution in [0.15, 0.2) is 0 Å². The van der Waals surface area contributed by atoms with Gasteiger partial charge in [-0.05, 0) is 6.42 Å². The predicted octanol–water partition coefficient (Wildman–Crippen LogP) is 0.0163. The molecule has 9 heavy (non-hydrogen) atoms. The quantitative estimate of drug-likeness (QED) is 0.497. The Bertz CT molecular complexity index is 130. The first kappa shape index (κ1) is 6.53. The van der Waals surface area contributed by atoms with E-state index in [9.17, 15) is 0 Å². The zero-order valence-electron chi connectivity index (χ0n) is 5.21. The topological polar surface area (TPSA) is 59.0 Å². The van der Waals surface area contributed by atoms with Gasteiger partial charge in [0.25, 0.3) is 0 Å². The number of hydrogen-bond acceptors (Lipinski definition) is 3. The van der Waals surface area contributed by atoms with Crippen molar-refractivity contribution >= 4 is 0 Å². The lowest BCUT2D eigenvalue weighted by molar-refractivity contribution is 0.0422. The van der Waals surface area contributed by atoms with E-state index in [2.05, 4.69) is 0 Å². The third kappa shape index (κ3) is 1.67. The summed E-state index contributed by atoms with van der Waals surface area (Å²) < 4.78 is 5.06. The fourth-order valence-corrected chi connectivity index (χ4v) is 0.913. The second-order valence-electron chi connectivity index (χ2n) is 2.27. The number of nitrogens with two attached hydrogens (primary N) is 1. The Morgan fingerprint density at radius 2 is 2.44 bits per heavy atom. The van der Waals surface area contributed by atoms with Gasteiger partial charge in [0.2, 0.25) is 0 Å². The van der Waals surface area contributed by atoms with Gasteiger partial charge in [-0.25, -0.2) is 0 Å². The van der Waals surface area contributed by atoms with Crippen LogP contribution >= 0.6 is 0 Å². The lowest BCUT2D eigenvalue weighted by atomic mass is 10.1. The van der Waals surface area contributed by atoms with Gasteiger partial charge in [-0.15, -0.1) is 0 Å². The Labute approximate surface area is 54.4 Å². The first-order valence-corrected chi connectivity index (χ1v) is 3.09. The van der Waals surface area contributed by atoms with Crippen LogP contribution in [-0.4, -0.2) is 18.8 Å². The molecule has 2 unspecified atom stereocenters. The van der Waals surface area contributed by atoms with Crippen molar-refractivity contribution in [1.82, 2.24) is 0 Å². The van der Waals surface area contributed by atoms with Crippen LogP contribution in [0.2, 0.25) is 0 Å². The molecule has 1 heterocycles. The largest absolute Gasteiger partial charge is 0.363 e. The summed E-state index contributed by atoms with van der Waals surface area (Å²) >= 11 is 0. The molecule has 1 saturated heterocycles. The second-order valence-corrected chi connectivity index (χ2v) is 2.27. The van der Waals surface area contributed by atoms with Gasteiger partial charge in [-0.1, -0.05) is 0 Å². The minimum Gasteiger partial charge on any atom is -0.363 e. The molecule has 0 aromatic carbocycles. The highest BCUT2D eigenvalue weighted by molar-refractivity contribution is 4.89. The first-order valence-electron chi connectivity index (χ1n) is 3.09. The van der Waals surface area contributed by atoms with E-state index in [1.54, 1.807) is 0 Å². The molecule has 0 bridgehead atoms. The van der Waals surface area contributed by atoms with E-state index in [0.29, 0.717) is 13.0 Å². The molecule has 0 aliphatic carbocycles. The average Bonchev–Trinajstić information content (AvgIpc) is 1.88. The number of rotatable bonds is 0. The van der Waals surface area contributed by atoms with E-state index in [-0.39, 0.29) is 12.1 Å². The Hall–Kier alpha value is -0.590. The van der Waals surface area contributed by atoms with E-state index in [4.69, 9.17) is 15.7 Å². The molecule has 2 N–H and O–H groups in total. The van der Waals surface area contributed by atoms with E-state index in [0.717, 1.165) is 6.42 Å². The van der Waals surface area contributed by atoms with Crippen LogP contribution in [0, 0.1) is 11.3 Å². The Balaban J connectivity index is 2.34. The molecule has 0 aromatic rings. The summed E-state index contributed by atoms with van der Waals surface area (Å²) in [4.78, 5) is 0. The molecular formula is C6H10N2O. The van der Waals surface area contributed by atoms with Crippen LogP contribution in [0.4, 0.5) is 0 Å². The normalized spacial score (nSPS) is 35.6. The van der Waals surface area contributed by atoms with E-state index >= 15 is 0 Å². The lowest BCUT2D eigenvalue weighted by Crippen LogP contribution is -2.33. The average molecular weight is 126 g/mol. The molecule has 1 fully saturated rings. The van der Waals surface area contributed by atoms with Gasteiger partial charge in [-0.2, -0.15) is 5.26 Å². The van der Waals surface area contributed by atoms with Crippen LogP contribution < -0.4 is 5.73 Å². The number of nitrogens with zero attached hydrogens (tertiary/aromatic N) is 1. The molecule has 1 aliphatic heterocycles. The summed E-state index contributed by atoms with van der Waals surface area (Å²) in [6, 6.07) is 2.20. The zero-order valence-corrected chi connectivity index (χ0v) is 5.21. The van der Waals surface area contributed by atoms with E-state index in [1.807, 2.05) is 6.07 Å². The Morgan fingerprint density at radius 1 is 1.67 bits per heavy atom. The van der Waals surface area contributed by atoms with Crippen LogP contribution in [0.5, 0.6) is 0 Å². The van der Waals surface area contributed by atoms with Gasteiger partial charge in [0, 0.05) is 19.1 Å². The third-order valence-corrected chi connectivity index (χ3v) is 1.47. The predicted molar refractivity (Wildman–Crippen MR) is 32.6 cm³/mol. The third-order valence-electron chi connectivity index (χ3n) is 1.47. The summed E-state index contributed by atoms with van der Waals surface area (Å²) in [5.74, 6) is 0. The van der Waals surface area contributed by atoms with Crippen LogP contribution in [0.3, 0.4) is 0 Å². The fourth-order valence-electron chi connectivity index (χ4n) is 0.913. The van der Waals surface area contributed by atoms with Gasteiger partial charge in [-0.3, -0.25) is 0 Å². The van der Waals surface area contributed by atoms with Gasteiger partial charge >= 0.3 is 0 Å². The van der Waals surface area contributed by atoms with Crippen molar-refractivity contribution in [1.29, 1.82) is 5.26 Å². The van der Waals surface area contributed by atoms with Gasteiger partial charge in [0.1, 0.15) is 6.10 Å². The van der Waals surface area contributed by atoms with Crippen molar-refractivity contribution in [2.45, 2.75) is 25.0 Å². The maximum atomic E-state index is 8.38. The standard InChI is InChI=1S/C6H10N2O/c7-4-6-3-5(8)1-2-9-6/h5-6H,1-3,8H2. The first-order chi connectivity index (χ1) is 4.33. The number of ether oxygens (including phenoxy) is 1. The van der Waals surface area contributed by atoms with Crippen molar-refractivity contribution < 1.29 is 4.74 Å². The van der Waals surface area contributed by atoms with Crippen molar-refractivity contribution in [3.63, 3.8) is 0 Å². The molecular weight excluding hydrogens is 116 g/mol. The van der Waals surface area contributed by atoms with E-state index < -0.39 is 0 Å². The van der Waals surface area contributed by atoms with Crippen molar-refractivity contribution in [3.8, 4) is 6.07 Å². The summed E-state index contributed by atoms with van der Waals surface area (Å²) in [5.41, 5.74) is 5.57. The highest BCUT2D eigenvalue weighted by atomic mass is 16.5. The molecule has 1 aliphatic rings. The van der Waals surface area contributed by atoms with Crippen LogP contribution in [-0.2, 0) is 4.74 Å². The Morgan fingerprint density at radius 3 is 2.89 bits per heavy atom. The molecule has 0 spiro atoms. The smallest absolute Gasteiger partial charge is 0.145 e. The van der Waals surface area contributed by atoms with Crippen molar-refractivity contribution in [2.75, 3.05) is 6.61 Å².